The first-order valence-corrected chi connectivity index (χ1v) is 10.5. The van der Waals surface area contributed by atoms with Crippen molar-refractivity contribution in [1.29, 1.82) is 0 Å². The maximum absolute atomic E-state index is 12.3. The second-order valence-corrected chi connectivity index (χ2v) is 7.80. The highest BCUT2D eigenvalue weighted by Gasteiger charge is 2.27. The van der Waals surface area contributed by atoms with Gasteiger partial charge in [0.1, 0.15) is 14.8 Å². The van der Waals surface area contributed by atoms with Crippen molar-refractivity contribution in [2.45, 2.75) is 20.8 Å². The molecule has 2 aromatic rings. The maximum atomic E-state index is 12.3. The van der Waals surface area contributed by atoms with Gasteiger partial charge in [-0.1, -0.05) is 11.3 Å². The minimum absolute atomic E-state index is 0.00320. The standard InChI is InChI=1S/C18H18N2O9S2/c1-4-27-17(23)13-9(3)14(18(24)28-5-2)31-15(13)19-11(21)8-29-16(22)10-6-7-12(30-10)20(25)26/h6-7H,4-5,8H2,1-3H3,(H,19,21). The van der Waals surface area contributed by atoms with Crippen LogP contribution < -0.4 is 5.32 Å². The van der Waals surface area contributed by atoms with Crippen LogP contribution >= 0.6 is 22.7 Å². The van der Waals surface area contributed by atoms with Crippen LogP contribution in [0.2, 0.25) is 0 Å². The zero-order valence-electron chi connectivity index (χ0n) is 16.7. The predicted molar refractivity (Wildman–Crippen MR) is 111 cm³/mol. The van der Waals surface area contributed by atoms with Gasteiger partial charge in [0.25, 0.3) is 5.91 Å². The topological polar surface area (TPSA) is 151 Å². The number of nitro groups is 1. The molecule has 0 unspecified atom stereocenters. The summed E-state index contributed by atoms with van der Waals surface area (Å²) in [5.74, 6) is -3.07. The van der Waals surface area contributed by atoms with Crippen molar-refractivity contribution in [3.05, 3.63) is 43.1 Å². The molecule has 0 spiro atoms. The number of nitrogens with zero attached hydrogens (tertiary/aromatic N) is 1. The fourth-order valence-corrected chi connectivity index (χ4v) is 4.16. The number of hydrogen-bond acceptors (Lipinski definition) is 11. The molecule has 31 heavy (non-hydrogen) atoms. The molecule has 0 saturated carbocycles. The summed E-state index contributed by atoms with van der Waals surface area (Å²) in [5, 5.41) is 12.9. The summed E-state index contributed by atoms with van der Waals surface area (Å²) in [5.41, 5.74) is 0.295. The molecule has 0 radical (unpaired) electrons. The van der Waals surface area contributed by atoms with E-state index in [1.807, 2.05) is 0 Å². The van der Waals surface area contributed by atoms with E-state index in [-0.39, 0.29) is 38.5 Å². The highest BCUT2D eigenvalue weighted by molar-refractivity contribution is 7.18. The number of nitrogens with one attached hydrogen (secondary N) is 1. The van der Waals surface area contributed by atoms with E-state index in [0.717, 1.165) is 17.4 Å². The minimum atomic E-state index is -0.909. The van der Waals surface area contributed by atoms with E-state index in [0.29, 0.717) is 16.9 Å². The van der Waals surface area contributed by atoms with Crippen LogP contribution in [0, 0.1) is 17.0 Å². The molecule has 11 nitrogen and oxygen atoms in total. The van der Waals surface area contributed by atoms with E-state index >= 15 is 0 Å². The molecule has 0 aliphatic heterocycles. The van der Waals surface area contributed by atoms with Crippen molar-refractivity contribution >= 4 is 56.5 Å². The van der Waals surface area contributed by atoms with Gasteiger partial charge < -0.3 is 19.5 Å². The lowest BCUT2D eigenvalue weighted by molar-refractivity contribution is -0.380. The Labute approximate surface area is 184 Å². The summed E-state index contributed by atoms with van der Waals surface area (Å²) in [6, 6.07) is 2.37. The summed E-state index contributed by atoms with van der Waals surface area (Å²) < 4.78 is 14.8. The number of thiophene rings is 2. The molecule has 0 fully saturated rings. The third kappa shape index (κ3) is 5.86. The first kappa shape index (κ1) is 24.0. The summed E-state index contributed by atoms with van der Waals surface area (Å²) in [6.07, 6.45) is 0. The molecule has 2 heterocycles. The van der Waals surface area contributed by atoms with Gasteiger partial charge in [0.05, 0.1) is 23.7 Å². The number of amides is 1. The molecule has 1 N–H and O–H groups in total. The maximum Gasteiger partial charge on any atom is 0.349 e. The summed E-state index contributed by atoms with van der Waals surface area (Å²) in [4.78, 5) is 58.8. The van der Waals surface area contributed by atoms with Crippen LogP contribution in [-0.2, 0) is 19.0 Å². The predicted octanol–water partition coefficient (Wildman–Crippen LogP) is 3.18. The first-order valence-electron chi connectivity index (χ1n) is 8.88. The molecular weight excluding hydrogens is 452 g/mol. The average Bonchev–Trinajstić information content (AvgIpc) is 3.32. The van der Waals surface area contributed by atoms with E-state index in [1.54, 1.807) is 13.8 Å². The van der Waals surface area contributed by atoms with Gasteiger partial charge in [-0.3, -0.25) is 14.9 Å². The van der Waals surface area contributed by atoms with Gasteiger partial charge in [-0.25, -0.2) is 14.4 Å². The lowest BCUT2D eigenvalue weighted by Crippen LogP contribution is -2.21. The van der Waals surface area contributed by atoms with Crippen LogP contribution in [0.1, 0.15) is 49.1 Å². The lowest BCUT2D eigenvalue weighted by Gasteiger charge is -2.07. The Balaban J connectivity index is 2.14. The minimum Gasteiger partial charge on any atom is -0.462 e. The molecule has 166 valence electrons. The highest BCUT2D eigenvalue weighted by atomic mass is 32.1. The second-order valence-electron chi connectivity index (χ2n) is 5.72. The van der Waals surface area contributed by atoms with Crippen LogP contribution in [0.5, 0.6) is 0 Å². The van der Waals surface area contributed by atoms with Crippen LogP contribution in [0.4, 0.5) is 10.0 Å². The molecule has 0 atom stereocenters. The quantitative estimate of drug-likeness (QED) is 0.252. The fourth-order valence-electron chi connectivity index (χ4n) is 2.34. The average molecular weight is 470 g/mol. The van der Waals surface area contributed by atoms with Gasteiger partial charge in [0, 0.05) is 6.07 Å². The van der Waals surface area contributed by atoms with Gasteiger partial charge in [-0.15, -0.1) is 11.3 Å². The Morgan fingerprint density at radius 1 is 1.00 bits per heavy atom. The van der Waals surface area contributed by atoms with Crippen molar-refractivity contribution in [3.63, 3.8) is 0 Å². The summed E-state index contributed by atoms with van der Waals surface area (Å²) in [7, 11) is 0. The van der Waals surface area contributed by atoms with E-state index in [2.05, 4.69) is 5.32 Å². The summed E-state index contributed by atoms with van der Waals surface area (Å²) >= 11 is 1.45. The number of esters is 3. The fraction of sp³-hybridized carbons (Fsp3) is 0.333. The van der Waals surface area contributed by atoms with Gasteiger partial charge in [-0.05, 0) is 32.4 Å². The van der Waals surface area contributed by atoms with Gasteiger partial charge >= 0.3 is 22.9 Å². The monoisotopic (exact) mass is 470 g/mol. The van der Waals surface area contributed by atoms with Crippen molar-refractivity contribution < 1.29 is 38.3 Å². The Hall–Kier alpha value is -3.32. The zero-order chi connectivity index (χ0) is 23.1. The number of carbonyl (C=O) groups is 4. The van der Waals surface area contributed by atoms with Crippen LogP contribution in [0.25, 0.3) is 0 Å². The number of hydrogen-bond donors (Lipinski definition) is 1. The van der Waals surface area contributed by atoms with E-state index in [4.69, 9.17) is 14.2 Å². The van der Waals surface area contributed by atoms with E-state index < -0.39 is 35.3 Å². The number of carbonyl (C=O) groups excluding carboxylic acids is 4. The SMILES string of the molecule is CCOC(=O)c1sc(NC(=O)COC(=O)c2ccc([N+](=O)[O-])s2)c(C(=O)OCC)c1C. The summed E-state index contributed by atoms with van der Waals surface area (Å²) in [6.45, 7) is 4.27. The molecule has 0 aromatic carbocycles. The Bertz CT molecular complexity index is 1030. The molecule has 2 aromatic heterocycles. The van der Waals surface area contributed by atoms with Crippen LogP contribution in [-0.4, -0.2) is 48.6 Å². The third-order valence-corrected chi connectivity index (χ3v) is 5.85. The highest BCUT2D eigenvalue weighted by Crippen LogP contribution is 2.34. The van der Waals surface area contributed by atoms with Gasteiger partial charge in [0.15, 0.2) is 6.61 Å². The van der Waals surface area contributed by atoms with E-state index in [9.17, 15) is 29.3 Å². The number of ether oxygens (including phenoxy) is 3. The largest absolute Gasteiger partial charge is 0.462 e. The second kappa shape index (κ2) is 10.6. The van der Waals surface area contributed by atoms with Crippen LogP contribution in [0.15, 0.2) is 12.1 Å². The van der Waals surface area contributed by atoms with Crippen molar-refractivity contribution in [2.75, 3.05) is 25.1 Å². The smallest absolute Gasteiger partial charge is 0.349 e. The van der Waals surface area contributed by atoms with Gasteiger partial charge in [-0.2, -0.15) is 0 Å². The molecule has 0 aliphatic rings. The molecular formula is C18H18N2O9S2. The number of anilines is 1. The molecule has 2 rings (SSSR count). The van der Waals surface area contributed by atoms with Crippen molar-refractivity contribution in [2.24, 2.45) is 0 Å². The Kier molecular flexibility index (Phi) is 8.22. The third-order valence-electron chi connectivity index (χ3n) is 3.65. The molecule has 13 heteroatoms. The molecule has 0 saturated heterocycles. The van der Waals surface area contributed by atoms with Gasteiger partial charge in [0.2, 0.25) is 0 Å². The van der Waals surface area contributed by atoms with Crippen molar-refractivity contribution in [3.8, 4) is 0 Å². The zero-order valence-corrected chi connectivity index (χ0v) is 18.3. The molecule has 0 aliphatic carbocycles. The lowest BCUT2D eigenvalue weighted by atomic mass is 10.1. The van der Waals surface area contributed by atoms with E-state index in [1.165, 1.54) is 13.0 Å². The van der Waals surface area contributed by atoms with Crippen molar-refractivity contribution in [1.82, 2.24) is 0 Å². The molecule has 1 amide bonds. The Morgan fingerprint density at radius 2 is 1.65 bits per heavy atom. The van der Waals surface area contributed by atoms with Crippen LogP contribution in [0.3, 0.4) is 0 Å². The number of rotatable bonds is 9. The first-order chi connectivity index (χ1) is 14.7. The molecule has 0 bridgehead atoms. The Morgan fingerprint density at radius 3 is 2.23 bits per heavy atom. The normalized spacial score (nSPS) is 10.3.